The molecule has 11 heteroatoms. The van der Waals surface area contributed by atoms with Crippen LogP contribution in [0.4, 0.5) is 5.13 Å². The van der Waals surface area contributed by atoms with Crippen LogP contribution in [0.15, 0.2) is 66.4 Å². The van der Waals surface area contributed by atoms with E-state index in [4.69, 9.17) is 14.2 Å². The standard InChI is InChI=1S/C29H24N4O6S/c1-15-24(32-12-6-5-7-22(32)30-15)26(34)23-25(16-8-11-19(38-3)20(13-16)39-4)33(28(36)27(23)35)29-31-18-10-9-17(37-2)14-21(18)40-29/h5-14,25,34H,1-4H3. The van der Waals surface area contributed by atoms with Crippen LogP contribution in [0, 0.1) is 6.92 Å². The predicted octanol–water partition coefficient (Wildman–Crippen LogP) is 4.90. The minimum Gasteiger partial charge on any atom is -0.505 e. The Labute approximate surface area is 232 Å². The van der Waals surface area contributed by atoms with Crippen LogP contribution in [0.1, 0.15) is 23.0 Å². The summed E-state index contributed by atoms with van der Waals surface area (Å²) in [7, 11) is 4.59. The van der Waals surface area contributed by atoms with E-state index in [9.17, 15) is 14.7 Å². The van der Waals surface area contributed by atoms with E-state index < -0.39 is 17.7 Å². The van der Waals surface area contributed by atoms with Crippen LogP contribution in [-0.2, 0) is 9.59 Å². The average Bonchev–Trinajstić information content (AvgIpc) is 3.62. The molecule has 0 saturated carbocycles. The second-order valence-corrected chi connectivity index (χ2v) is 10.1. The van der Waals surface area contributed by atoms with E-state index in [2.05, 4.69) is 9.97 Å². The zero-order chi connectivity index (χ0) is 28.1. The van der Waals surface area contributed by atoms with Crippen LogP contribution >= 0.6 is 11.3 Å². The fourth-order valence-corrected chi connectivity index (χ4v) is 6.04. The second-order valence-electron chi connectivity index (χ2n) is 9.09. The number of aliphatic hydroxyl groups is 1. The van der Waals surface area contributed by atoms with Crippen molar-refractivity contribution in [3.05, 3.63) is 83.3 Å². The van der Waals surface area contributed by atoms with Crippen molar-refractivity contribution in [3.8, 4) is 17.2 Å². The van der Waals surface area contributed by atoms with Gasteiger partial charge in [0.05, 0.1) is 48.9 Å². The number of aromatic nitrogens is 3. The summed E-state index contributed by atoms with van der Waals surface area (Å²) >= 11 is 1.25. The molecule has 5 aromatic rings. The van der Waals surface area contributed by atoms with Crippen LogP contribution < -0.4 is 19.1 Å². The first-order valence-corrected chi connectivity index (χ1v) is 13.1. The largest absolute Gasteiger partial charge is 0.505 e. The minimum atomic E-state index is -1.00. The Morgan fingerprint density at radius 3 is 2.50 bits per heavy atom. The van der Waals surface area contributed by atoms with Crippen molar-refractivity contribution < 1.29 is 28.9 Å². The normalized spacial score (nSPS) is 16.7. The third kappa shape index (κ3) is 3.85. The topological polar surface area (TPSA) is 115 Å². The van der Waals surface area contributed by atoms with Gasteiger partial charge in [-0.3, -0.25) is 18.9 Å². The molecule has 1 aliphatic heterocycles. The summed E-state index contributed by atoms with van der Waals surface area (Å²) in [6.07, 6.45) is 1.74. The Kier molecular flexibility index (Phi) is 6.15. The fourth-order valence-electron chi connectivity index (χ4n) is 5.02. The molecule has 0 radical (unpaired) electrons. The number of ether oxygens (including phenoxy) is 3. The van der Waals surface area contributed by atoms with Crippen molar-refractivity contribution in [3.63, 3.8) is 0 Å². The van der Waals surface area contributed by atoms with Gasteiger partial charge >= 0.3 is 5.91 Å². The Balaban J connectivity index is 1.61. The third-order valence-corrected chi connectivity index (χ3v) is 7.90. The van der Waals surface area contributed by atoms with Gasteiger partial charge in [-0.15, -0.1) is 0 Å². The van der Waals surface area contributed by atoms with E-state index in [1.54, 1.807) is 67.1 Å². The summed E-state index contributed by atoms with van der Waals surface area (Å²) in [5.74, 6) is -0.444. The number of Topliss-reactive ketones (excluding diaryl/α,β-unsaturated/α-hetero) is 1. The van der Waals surface area contributed by atoms with Gasteiger partial charge in [0.2, 0.25) is 0 Å². The molecule has 202 valence electrons. The molecule has 0 bridgehead atoms. The summed E-state index contributed by atoms with van der Waals surface area (Å²) < 4.78 is 18.7. The zero-order valence-electron chi connectivity index (χ0n) is 22.0. The first-order valence-electron chi connectivity index (χ1n) is 12.3. The van der Waals surface area contributed by atoms with Gasteiger partial charge in [-0.1, -0.05) is 23.5 Å². The lowest BCUT2D eigenvalue weighted by Gasteiger charge is -2.23. The maximum Gasteiger partial charge on any atom is 0.301 e. The molecule has 3 aromatic heterocycles. The number of hydrogen-bond donors (Lipinski definition) is 1. The number of anilines is 1. The van der Waals surface area contributed by atoms with Crippen LogP contribution in [0.2, 0.25) is 0 Å². The zero-order valence-corrected chi connectivity index (χ0v) is 22.9. The van der Waals surface area contributed by atoms with Crippen LogP contribution in [0.3, 0.4) is 0 Å². The number of carbonyl (C=O) groups excluding carboxylic acids is 2. The fraction of sp³-hybridized carbons (Fsp3) is 0.172. The van der Waals surface area contributed by atoms with E-state index in [-0.39, 0.29) is 11.3 Å². The Bertz CT molecular complexity index is 1860. The number of carbonyl (C=O) groups is 2. The highest BCUT2D eigenvalue weighted by Crippen LogP contribution is 2.46. The lowest BCUT2D eigenvalue weighted by molar-refractivity contribution is -0.132. The maximum atomic E-state index is 13.7. The molecule has 10 nitrogen and oxygen atoms in total. The highest BCUT2D eigenvalue weighted by Gasteiger charge is 2.49. The number of amides is 1. The lowest BCUT2D eigenvalue weighted by Crippen LogP contribution is -2.29. The first kappa shape index (κ1) is 25.4. The molecule has 0 spiro atoms. The minimum absolute atomic E-state index is 0.0807. The molecule has 0 aliphatic carbocycles. The molecule has 1 saturated heterocycles. The van der Waals surface area contributed by atoms with E-state index in [1.165, 1.54) is 30.5 Å². The number of ketones is 1. The summed E-state index contributed by atoms with van der Waals surface area (Å²) in [6, 6.07) is 14.9. The number of fused-ring (bicyclic) bond motifs is 2. The molecule has 1 unspecified atom stereocenters. The van der Waals surface area contributed by atoms with Crippen molar-refractivity contribution >= 4 is 49.8 Å². The molecule has 40 heavy (non-hydrogen) atoms. The smallest absolute Gasteiger partial charge is 0.301 e. The van der Waals surface area contributed by atoms with Gasteiger partial charge in [0, 0.05) is 6.20 Å². The SMILES string of the molecule is COc1ccc2nc(N3C(=O)C(=O)C(=C(O)c4c(C)nc5ccccn45)C3c3ccc(OC)c(OC)c3)sc2c1. The van der Waals surface area contributed by atoms with Crippen molar-refractivity contribution in [2.45, 2.75) is 13.0 Å². The number of thiazole rings is 1. The van der Waals surface area contributed by atoms with Gasteiger partial charge in [0.15, 0.2) is 22.4 Å². The number of imidazole rings is 1. The quantitative estimate of drug-likeness (QED) is 0.178. The van der Waals surface area contributed by atoms with Crippen molar-refractivity contribution in [2.24, 2.45) is 0 Å². The van der Waals surface area contributed by atoms with Gasteiger partial charge in [-0.2, -0.15) is 0 Å². The second kappa shape index (κ2) is 9.69. The molecular formula is C29H24N4O6S. The monoisotopic (exact) mass is 556 g/mol. The molecule has 1 atom stereocenters. The number of pyridine rings is 1. The predicted molar refractivity (Wildman–Crippen MR) is 150 cm³/mol. The van der Waals surface area contributed by atoms with Crippen molar-refractivity contribution in [2.75, 3.05) is 26.2 Å². The third-order valence-electron chi connectivity index (χ3n) is 6.89. The van der Waals surface area contributed by atoms with Crippen molar-refractivity contribution in [1.29, 1.82) is 0 Å². The summed E-state index contributed by atoms with van der Waals surface area (Å²) in [4.78, 5) is 37.9. The number of methoxy groups -OCH3 is 3. The van der Waals surface area contributed by atoms with Crippen LogP contribution in [0.25, 0.3) is 21.6 Å². The average molecular weight is 557 g/mol. The van der Waals surface area contributed by atoms with Crippen molar-refractivity contribution in [1.82, 2.24) is 14.4 Å². The van der Waals surface area contributed by atoms with E-state index in [0.29, 0.717) is 50.5 Å². The number of hydrogen-bond acceptors (Lipinski definition) is 9. The van der Waals surface area contributed by atoms with Gasteiger partial charge in [-0.05, 0) is 55.0 Å². The molecule has 1 N–H and O–H groups in total. The van der Waals surface area contributed by atoms with E-state index in [0.717, 1.165) is 4.70 Å². The summed E-state index contributed by atoms with van der Waals surface area (Å²) in [5, 5.41) is 12.0. The Hall–Kier alpha value is -4.90. The molecule has 1 fully saturated rings. The highest BCUT2D eigenvalue weighted by atomic mass is 32.1. The molecular weight excluding hydrogens is 532 g/mol. The molecule has 2 aromatic carbocycles. The Morgan fingerprint density at radius 1 is 0.950 bits per heavy atom. The van der Waals surface area contributed by atoms with E-state index >= 15 is 0 Å². The van der Waals surface area contributed by atoms with Gasteiger partial charge in [0.25, 0.3) is 5.78 Å². The lowest BCUT2D eigenvalue weighted by atomic mass is 9.96. The molecule has 4 heterocycles. The van der Waals surface area contributed by atoms with Gasteiger partial charge in [0.1, 0.15) is 17.1 Å². The van der Waals surface area contributed by atoms with Gasteiger partial charge in [-0.25, -0.2) is 9.97 Å². The number of benzene rings is 2. The molecule has 6 rings (SSSR count). The number of nitrogens with zero attached hydrogens (tertiary/aromatic N) is 4. The van der Waals surface area contributed by atoms with Crippen LogP contribution in [-0.4, -0.2) is 52.5 Å². The number of aryl methyl sites for hydroxylation is 1. The summed E-state index contributed by atoms with van der Waals surface area (Å²) in [5.41, 5.74) is 2.52. The molecule has 1 amide bonds. The summed E-state index contributed by atoms with van der Waals surface area (Å²) in [6.45, 7) is 1.74. The number of aliphatic hydroxyl groups excluding tert-OH is 1. The van der Waals surface area contributed by atoms with Gasteiger partial charge < -0.3 is 19.3 Å². The maximum absolute atomic E-state index is 13.7. The first-order chi connectivity index (χ1) is 19.4. The Morgan fingerprint density at radius 2 is 1.75 bits per heavy atom. The van der Waals surface area contributed by atoms with Crippen LogP contribution in [0.5, 0.6) is 17.2 Å². The molecule has 1 aliphatic rings. The van der Waals surface area contributed by atoms with E-state index in [1.807, 2.05) is 12.1 Å². The highest BCUT2D eigenvalue weighted by molar-refractivity contribution is 7.22. The number of rotatable bonds is 6.